The standard InChI is InChI=1S/C22H18F2N6O2/c23-21(24)32-18-4-2-1-3-14(18)12-30-20-15(11-26-30)10-25-22(29-20)27-16-6-7-17-13(9-16)5-8-19(31)28-17/h1-4,6-7,9-11,21H,5,8,12H2,(H,28,31)(H,25,27,29). The van der Waals surface area contributed by atoms with E-state index in [4.69, 9.17) is 0 Å². The number of hydrogen-bond donors (Lipinski definition) is 2. The molecular weight excluding hydrogens is 418 g/mol. The van der Waals surface area contributed by atoms with Gasteiger partial charge in [-0.1, -0.05) is 18.2 Å². The molecule has 8 nitrogen and oxygen atoms in total. The topological polar surface area (TPSA) is 94.0 Å². The molecule has 3 heterocycles. The van der Waals surface area contributed by atoms with Crippen molar-refractivity contribution in [1.29, 1.82) is 0 Å². The van der Waals surface area contributed by atoms with E-state index >= 15 is 0 Å². The number of alkyl halides is 2. The Balaban J connectivity index is 1.41. The first-order chi connectivity index (χ1) is 15.5. The van der Waals surface area contributed by atoms with E-state index in [9.17, 15) is 13.6 Å². The number of anilines is 3. The summed E-state index contributed by atoms with van der Waals surface area (Å²) in [6, 6.07) is 12.2. The average Bonchev–Trinajstić information content (AvgIpc) is 3.17. The largest absolute Gasteiger partial charge is 0.434 e. The highest BCUT2D eigenvalue weighted by molar-refractivity contribution is 5.94. The number of nitrogens with one attached hydrogen (secondary N) is 2. The van der Waals surface area contributed by atoms with Gasteiger partial charge in [-0.3, -0.25) is 4.79 Å². The highest BCUT2D eigenvalue weighted by atomic mass is 19.3. The van der Waals surface area contributed by atoms with Crippen LogP contribution in [0.5, 0.6) is 5.75 Å². The number of para-hydroxylation sites is 1. The van der Waals surface area contributed by atoms with Gasteiger partial charge in [0.15, 0.2) is 5.65 Å². The Morgan fingerprint density at radius 1 is 1.16 bits per heavy atom. The van der Waals surface area contributed by atoms with Crippen LogP contribution in [0.4, 0.5) is 26.1 Å². The van der Waals surface area contributed by atoms with E-state index < -0.39 is 6.61 Å². The number of rotatable bonds is 6. The second kappa shape index (κ2) is 8.22. The van der Waals surface area contributed by atoms with Crippen LogP contribution in [0.1, 0.15) is 17.5 Å². The van der Waals surface area contributed by atoms with Crippen molar-refractivity contribution in [3.63, 3.8) is 0 Å². The minimum absolute atomic E-state index is 0.0146. The zero-order valence-corrected chi connectivity index (χ0v) is 16.8. The molecule has 10 heteroatoms. The molecule has 0 radical (unpaired) electrons. The summed E-state index contributed by atoms with van der Waals surface area (Å²) in [5.74, 6) is 0.483. The predicted octanol–water partition coefficient (Wildman–Crippen LogP) is 4.10. The van der Waals surface area contributed by atoms with Crippen molar-refractivity contribution in [1.82, 2.24) is 19.7 Å². The van der Waals surface area contributed by atoms with Crippen molar-refractivity contribution in [3.05, 3.63) is 66.0 Å². The number of carbonyl (C=O) groups excluding carboxylic acids is 1. The third kappa shape index (κ3) is 4.07. The monoisotopic (exact) mass is 436 g/mol. The Morgan fingerprint density at radius 3 is 2.91 bits per heavy atom. The normalized spacial score (nSPS) is 13.2. The van der Waals surface area contributed by atoms with Gasteiger partial charge in [0.2, 0.25) is 11.9 Å². The number of ether oxygens (including phenoxy) is 1. The van der Waals surface area contributed by atoms with Gasteiger partial charge in [-0.05, 0) is 36.2 Å². The molecule has 1 aliphatic heterocycles. The lowest BCUT2D eigenvalue weighted by molar-refractivity contribution is -0.116. The lowest BCUT2D eigenvalue weighted by Gasteiger charge is -2.17. The molecule has 2 aromatic heterocycles. The van der Waals surface area contributed by atoms with Gasteiger partial charge in [-0.2, -0.15) is 18.9 Å². The minimum atomic E-state index is -2.91. The van der Waals surface area contributed by atoms with Gasteiger partial charge < -0.3 is 15.4 Å². The van der Waals surface area contributed by atoms with E-state index in [2.05, 4.69) is 30.4 Å². The second-order valence-electron chi connectivity index (χ2n) is 7.31. The van der Waals surface area contributed by atoms with E-state index in [0.29, 0.717) is 30.0 Å². The van der Waals surface area contributed by atoms with Gasteiger partial charge in [0, 0.05) is 29.6 Å². The Hall–Kier alpha value is -4.08. The fourth-order valence-corrected chi connectivity index (χ4v) is 3.64. The predicted molar refractivity (Wildman–Crippen MR) is 114 cm³/mol. The molecule has 0 saturated carbocycles. The molecular formula is C22H18F2N6O2. The number of carbonyl (C=O) groups is 1. The van der Waals surface area contributed by atoms with E-state index in [1.165, 1.54) is 6.07 Å². The summed E-state index contributed by atoms with van der Waals surface area (Å²) in [6.45, 7) is -2.70. The fraction of sp³-hybridized carbons (Fsp3) is 0.182. The van der Waals surface area contributed by atoms with Crippen LogP contribution in [0.3, 0.4) is 0 Å². The number of hydrogen-bond acceptors (Lipinski definition) is 6. The number of aromatic nitrogens is 4. The van der Waals surface area contributed by atoms with Gasteiger partial charge in [0.05, 0.1) is 18.1 Å². The molecule has 32 heavy (non-hydrogen) atoms. The Morgan fingerprint density at radius 2 is 2.03 bits per heavy atom. The van der Waals surface area contributed by atoms with Crippen molar-refractivity contribution < 1.29 is 18.3 Å². The first kappa shape index (κ1) is 19.9. The van der Waals surface area contributed by atoms with Crippen LogP contribution >= 0.6 is 0 Å². The summed E-state index contributed by atoms with van der Waals surface area (Å²) in [7, 11) is 0. The van der Waals surface area contributed by atoms with Gasteiger partial charge in [0.1, 0.15) is 5.75 Å². The summed E-state index contributed by atoms with van der Waals surface area (Å²) >= 11 is 0. The Bertz CT molecular complexity index is 1310. The molecule has 162 valence electrons. The van der Waals surface area contributed by atoms with Crippen LogP contribution in [0, 0.1) is 0 Å². The molecule has 2 N–H and O–H groups in total. The quantitative estimate of drug-likeness (QED) is 0.473. The molecule has 0 aliphatic carbocycles. The van der Waals surface area contributed by atoms with Crippen molar-refractivity contribution in [2.45, 2.75) is 26.0 Å². The smallest absolute Gasteiger partial charge is 0.387 e. The fourth-order valence-electron chi connectivity index (χ4n) is 3.64. The Labute approximate surface area is 181 Å². The summed E-state index contributed by atoms with van der Waals surface area (Å²) < 4.78 is 31.7. The highest BCUT2D eigenvalue weighted by Crippen LogP contribution is 2.27. The zero-order chi connectivity index (χ0) is 22.1. The second-order valence-corrected chi connectivity index (χ2v) is 7.31. The van der Waals surface area contributed by atoms with E-state index in [-0.39, 0.29) is 18.2 Å². The van der Waals surface area contributed by atoms with Crippen molar-refractivity contribution >= 4 is 34.3 Å². The summed E-state index contributed by atoms with van der Waals surface area (Å²) in [5.41, 5.74) is 3.76. The van der Waals surface area contributed by atoms with Gasteiger partial charge in [-0.15, -0.1) is 0 Å². The maximum atomic E-state index is 12.7. The molecule has 0 atom stereocenters. The van der Waals surface area contributed by atoms with Crippen molar-refractivity contribution in [2.24, 2.45) is 0 Å². The van der Waals surface area contributed by atoms with E-state index in [0.717, 1.165) is 22.3 Å². The lowest BCUT2D eigenvalue weighted by Crippen LogP contribution is -2.18. The summed E-state index contributed by atoms with van der Waals surface area (Å²) in [6.07, 6.45) is 4.39. The maximum Gasteiger partial charge on any atom is 0.387 e. The number of fused-ring (bicyclic) bond motifs is 2. The SMILES string of the molecule is O=C1CCc2cc(Nc3ncc4cnn(Cc5ccccc5OC(F)F)c4n3)ccc2N1. The van der Waals surface area contributed by atoms with Gasteiger partial charge in [0.25, 0.3) is 0 Å². The third-order valence-corrected chi connectivity index (χ3v) is 5.14. The molecule has 1 amide bonds. The van der Waals surface area contributed by atoms with Crippen LogP contribution < -0.4 is 15.4 Å². The maximum absolute atomic E-state index is 12.7. The number of amides is 1. The molecule has 2 aromatic carbocycles. The van der Waals surface area contributed by atoms with E-state index in [1.807, 2.05) is 18.2 Å². The van der Waals surface area contributed by atoms with Gasteiger partial charge in [-0.25, -0.2) is 9.67 Å². The lowest BCUT2D eigenvalue weighted by atomic mass is 10.0. The minimum Gasteiger partial charge on any atom is -0.434 e. The molecule has 0 unspecified atom stereocenters. The third-order valence-electron chi connectivity index (χ3n) is 5.14. The number of nitrogens with zero attached hydrogens (tertiary/aromatic N) is 4. The molecule has 0 spiro atoms. The van der Waals surface area contributed by atoms with E-state index in [1.54, 1.807) is 35.3 Å². The molecule has 0 fully saturated rings. The molecule has 1 aliphatic rings. The molecule has 4 aromatic rings. The average molecular weight is 436 g/mol. The number of benzene rings is 2. The van der Waals surface area contributed by atoms with Crippen LogP contribution in [0.25, 0.3) is 11.0 Å². The number of halogens is 2. The first-order valence-electron chi connectivity index (χ1n) is 9.96. The first-order valence-corrected chi connectivity index (χ1v) is 9.96. The zero-order valence-electron chi connectivity index (χ0n) is 16.8. The number of aryl methyl sites for hydroxylation is 1. The van der Waals surface area contributed by atoms with Crippen molar-refractivity contribution in [3.8, 4) is 5.75 Å². The van der Waals surface area contributed by atoms with Crippen LogP contribution in [-0.2, 0) is 17.8 Å². The van der Waals surface area contributed by atoms with Crippen LogP contribution in [-0.4, -0.2) is 32.3 Å². The van der Waals surface area contributed by atoms with Crippen LogP contribution in [0.15, 0.2) is 54.9 Å². The molecule has 0 bridgehead atoms. The Kier molecular flexibility index (Phi) is 5.10. The van der Waals surface area contributed by atoms with Crippen LogP contribution in [0.2, 0.25) is 0 Å². The summed E-state index contributed by atoms with van der Waals surface area (Å²) in [4.78, 5) is 20.4. The highest BCUT2D eigenvalue weighted by Gasteiger charge is 2.16. The molecule has 5 rings (SSSR count). The van der Waals surface area contributed by atoms with Gasteiger partial charge >= 0.3 is 6.61 Å². The van der Waals surface area contributed by atoms with Crippen molar-refractivity contribution in [2.75, 3.05) is 10.6 Å². The molecule has 0 saturated heterocycles. The summed E-state index contributed by atoms with van der Waals surface area (Å²) in [5, 5.41) is 11.1.